The van der Waals surface area contributed by atoms with Gasteiger partial charge in [0.15, 0.2) is 11.6 Å². The van der Waals surface area contributed by atoms with Crippen LogP contribution in [-0.4, -0.2) is 50.5 Å². The number of rotatable bonds is 15. The molecule has 57 heavy (non-hydrogen) atoms. The summed E-state index contributed by atoms with van der Waals surface area (Å²) in [6, 6.07) is 24.1. The Hall–Kier alpha value is -7.21. The van der Waals surface area contributed by atoms with Crippen molar-refractivity contribution in [3.63, 3.8) is 0 Å². The normalized spacial score (nSPS) is 11.1. The fourth-order valence-electron chi connectivity index (χ4n) is 5.92. The molecule has 0 radical (unpaired) electrons. The summed E-state index contributed by atoms with van der Waals surface area (Å²) >= 11 is 0. The first-order chi connectivity index (χ1) is 27.1. The molecule has 5 aromatic carbocycles. The molecule has 0 fully saturated rings. The number of benzene rings is 5. The number of aromatic hydroxyl groups is 2. The summed E-state index contributed by atoms with van der Waals surface area (Å²) in [5, 5.41) is 35.4. The van der Waals surface area contributed by atoms with E-state index in [4.69, 9.17) is 0 Å². The molecule has 5 rings (SSSR count). The number of anilines is 2. The second kappa shape index (κ2) is 17.9. The Morgan fingerprint density at radius 1 is 0.614 bits per heavy atom. The van der Waals surface area contributed by atoms with Gasteiger partial charge in [-0.25, -0.2) is 9.18 Å². The lowest BCUT2D eigenvalue weighted by Gasteiger charge is -2.15. The van der Waals surface area contributed by atoms with E-state index < -0.39 is 29.3 Å². The maximum atomic E-state index is 13.2. The number of aromatic carboxylic acids is 1. The zero-order chi connectivity index (χ0) is 41.4. The van der Waals surface area contributed by atoms with Gasteiger partial charge in [0, 0.05) is 59.3 Å². The van der Waals surface area contributed by atoms with E-state index in [2.05, 4.69) is 10.6 Å². The van der Waals surface area contributed by atoms with Gasteiger partial charge in [0.05, 0.1) is 5.56 Å². The molecule has 5 N–H and O–H groups in total. The third-order valence-corrected chi connectivity index (χ3v) is 9.42. The second-order valence-electron chi connectivity index (χ2n) is 13.5. The number of hydrogen-bond acceptors (Lipinski definition) is 8. The summed E-state index contributed by atoms with van der Waals surface area (Å²) in [5.41, 5.74) is 3.59. The Morgan fingerprint density at radius 2 is 1.12 bits per heavy atom. The number of Topliss-reactive ketones (excluding diaryl/α,β-unsaturated/α-hetero) is 3. The topological polar surface area (TPSA) is 187 Å². The number of carboxylic acid groups (broad SMARTS) is 1. The molecule has 0 heterocycles. The predicted octanol–water partition coefficient (Wildman–Crippen LogP) is 8.05. The lowest BCUT2D eigenvalue weighted by molar-refractivity contribution is -0.118. The number of amides is 2. The third-order valence-electron chi connectivity index (χ3n) is 9.42. The second-order valence-corrected chi connectivity index (χ2v) is 13.5. The van der Waals surface area contributed by atoms with Crippen LogP contribution in [-0.2, 0) is 22.4 Å². The zero-order valence-electron chi connectivity index (χ0n) is 31.3. The standard InChI is InChI=1S/C45H39FN2O9/c1-25(22-28-8-14-33(46)15-9-28)40(51)24-30-4-10-31(11-5-30)39(50)21-16-34(49)23-29-6-12-32(13-7-29)43(54)47-37-19-17-35(41(52)26(37)2)44(55)48-38-20-18-36(45(56)57)42(53)27(38)3/h4-15,17-20,22,52-53H,16,21,23-24H2,1-3H3,(H,47,54)(H,48,55)(H,56,57)/b25-22+. The van der Waals surface area contributed by atoms with Gasteiger partial charge >= 0.3 is 5.97 Å². The lowest BCUT2D eigenvalue weighted by atomic mass is 9.98. The number of carbonyl (C=O) groups is 6. The molecule has 0 saturated heterocycles. The molecule has 0 saturated carbocycles. The molecule has 0 aliphatic carbocycles. The van der Waals surface area contributed by atoms with Crippen molar-refractivity contribution in [2.24, 2.45) is 0 Å². The number of nitrogens with one attached hydrogen (secondary N) is 2. The highest BCUT2D eigenvalue weighted by atomic mass is 19.1. The van der Waals surface area contributed by atoms with E-state index in [9.17, 15) is 48.5 Å². The van der Waals surface area contributed by atoms with Crippen molar-refractivity contribution in [2.75, 3.05) is 10.6 Å². The lowest BCUT2D eigenvalue weighted by Crippen LogP contribution is -2.16. The van der Waals surface area contributed by atoms with E-state index in [1.807, 2.05) is 0 Å². The minimum atomic E-state index is -1.33. The summed E-state index contributed by atoms with van der Waals surface area (Å²) < 4.78 is 13.2. The van der Waals surface area contributed by atoms with E-state index in [-0.39, 0.29) is 88.0 Å². The smallest absolute Gasteiger partial charge is 0.339 e. The number of carboxylic acids is 1. The molecular formula is C45H39FN2O9. The third kappa shape index (κ3) is 10.3. The van der Waals surface area contributed by atoms with Crippen LogP contribution in [0.25, 0.3) is 6.08 Å². The van der Waals surface area contributed by atoms with E-state index in [1.54, 1.807) is 73.7 Å². The van der Waals surface area contributed by atoms with E-state index in [1.165, 1.54) is 44.2 Å². The molecule has 11 nitrogen and oxygen atoms in total. The summed E-state index contributed by atoms with van der Waals surface area (Å²) in [6.45, 7) is 4.64. The number of ketones is 3. The molecule has 0 bridgehead atoms. The SMILES string of the molecule is C/C(=C\c1ccc(F)cc1)C(=O)Cc1ccc(C(=O)CCC(=O)Cc2ccc(C(=O)Nc3ccc(C(=O)Nc4ccc(C(=O)O)c(O)c4C)c(O)c3C)cc2)cc1. The van der Waals surface area contributed by atoms with Gasteiger partial charge in [-0.1, -0.05) is 48.5 Å². The van der Waals surface area contributed by atoms with Crippen molar-refractivity contribution in [3.05, 3.63) is 159 Å². The van der Waals surface area contributed by atoms with Crippen LogP contribution in [0.1, 0.15) is 89.0 Å². The first kappa shape index (κ1) is 41.0. The van der Waals surface area contributed by atoms with Crippen LogP contribution < -0.4 is 10.6 Å². The predicted molar refractivity (Wildman–Crippen MR) is 212 cm³/mol. The maximum Gasteiger partial charge on any atom is 0.339 e. The van der Waals surface area contributed by atoms with Gasteiger partial charge in [-0.05, 0) is 97.6 Å². The average Bonchev–Trinajstić information content (AvgIpc) is 3.18. The fraction of sp³-hybridized carbons (Fsp3) is 0.156. The van der Waals surface area contributed by atoms with Crippen LogP contribution in [0.5, 0.6) is 11.5 Å². The summed E-state index contributed by atoms with van der Waals surface area (Å²) in [5.74, 6) is -4.28. The van der Waals surface area contributed by atoms with Crippen molar-refractivity contribution in [3.8, 4) is 11.5 Å². The van der Waals surface area contributed by atoms with Crippen LogP contribution in [0.2, 0.25) is 0 Å². The highest BCUT2D eigenvalue weighted by Crippen LogP contribution is 2.32. The Morgan fingerprint density at radius 3 is 1.70 bits per heavy atom. The molecule has 290 valence electrons. The zero-order valence-corrected chi connectivity index (χ0v) is 31.3. The Bertz CT molecular complexity index is 2420. The molecule has 2 amide bonds. The average molecular weight is 771 g/mol. The Balaban J connectivity index is 1.10. The number of allylic oxidation sites excluding steroid dienone is 1. The summed E-state index contributed by atoms with van der Waals surface area (Å²) in [7, 11) is 0. The van der Waals surface area contributed by atoms with Gasteiger partial charge < -0.3 is 26.0 Å². The van der Waals surface area contributed by atoms with Gasteiger partial charge in [0.1, 0.15) is 28.7 Å². The Labute approximate surface area is 327 Å². The molecule has 0 unspecified atom stereocenters. The molecule has 0 aliphatic rings. The van der Waals surface area contributed by atoms with Crippen LogP contribution in [0.4, 0.5) is 15.8 Å². The monoisotopic (exact) mass is 770 g/mol. The number of hydrogen-bond donors (Lipinski definition) is 5. The molecule has 0 aliphatic heterocycles. The maximum absolute atomic E-state index is 13.2. The van der Waals surface area contributed by atoms with Crippen LogP contribution >= 0.6 is 0 Å². The van der Waals surface area contributed by atoms with Crippen LogP contribution in [0, 0.1) is 19.7 Å². The Kier molecular flexibility index (Phi) is 12.9. The summed E-state index contributed by atoms with van der Waals surface area (Å²) in [6.07, 6.45) is 1.91. The van der Waals surface area contributed by atoms with Gasteiger partial charge in [-0.15, -0.1) is 0 Å². The highest BCUT2D eigenvalue weighted by molar-refractivity contribution is 6.09. The number of phenols is 2. The van der Waals surface area contributed by atoms with Crippen LogP contribution in [0.3, 0.4) is 0 Å². The molecule has 0 spiro atoms. The van der Waals surface area contributed by atoms with E-state index >= 15 is 0 Å². The van der Waals surface area contributed by atoms with E-state index in [0.717, 1.165) is 11.6 Å². The van der Waals surface area contributed by atoms with Gasteiger partial charge in [0.2, 0.25) is 0 Å². The largest absolute Gasteiger partial charge is 0.507 e. The highest BCUT2D eigenvalue weighted by Gasteiger charge is 2.20. The van der Waals surface area contributed by atoms with E-state index in [0.29, 0.717) is 22.3 Å². The number of carbonyl (C=O) groups excluding carboxylic acids is 5. The van der Waals surface area contributed by atoms with Gasteiger partial charge in [-0.3, -0.25) is 24.0 Å². The summed E-state index contributed by atoms with van der Waals surface area (Å²) in [4.78, 5) is 75.5. The van der Waals surface area contributed by atoms with Crippen molar-refractivity contribution in [1.82, 2.24) is 0 Å². The van der Waals surface area contributed by atoms with Gasteiger partial charge in [-0.2, -0.15) is 0 Å². The number of halogens is 1. The first-order valence-electron chi connectivity index (χ1n) is 17.8. The quantitative estimate of drug-likeness (QED) is 0.0519. The van der Waals surface area contributed by atoms with Crippen molar-refractivity contribution in [2.45, 2.75) is 46.5 Å². The van der Waals surface area contributed by atoms with Crippen molar-refractivity contribution in [1.29, 1.82) is 0 Å². The number of phenolic OH excluding ortho intramolecular Hbond substituents is 1. The minimum Gasteiger partial charge on any atom is -0.507 e. The molecule has 5 aromatic rings. The van der Waals surface area contributed by atoms with Crippen LogP contribution in [0.15, 0.2) is 103 Å². The molecule has 0 atom stereocenters. The minimum absolute atomic E-state index is 0.00683. The van der Waals surface area contributed by atoms with Crippen molar-refractivity contribution >= 4 is 52.6 Å². The van der Waals surface area contributed by atoms with Gasteiger partial charge in [0.25, 0.3) is 11.8 Å². The first-order valence-corrected chi connectivity index (χ1v) is 17.8. The molecule has 12 heteroatoms. The fourth-order valence-corrected chi connectivity index (χ4v) is 5.92. The molecular weight excluding hydrogens is 731 g/mol. The molecule has 0 aromatic heterocycles. The van der Waals surface area contributed by atoms with Crippen molar-refractivity contribution < 1.29 is 48.5 Å².